The predicted octanol–water partition coefficient (Wildman–Crippen LogP) is -2.95. The van der Waals surface area contributed by atoms with Gasteiger partial charge in [0.05, 0.1) is 25.9 Å². The second-order valence-corrected chi connectivity index (χ2v) is 10.9. The lowest BCUT2D eigenvalue weighted by molar-refractivity contribution is -0.0511. The van der Waals surface area contributed by atoms with Gasteiger partial charge in [-0.3, -0.25) is 9.13 Å². The lowest BCUT2D eigenvalue weighted by atomic mass is 10.1. The molecule has 12 N–H and O–H groups in total. The van der Waals surface area contributed by atoms with E-state index in [0.29, 0.717) is 47.1 Å². The van der Waals surface area contributed by atoms with Crippen LogP contribution in [-0.2, 0) is 9.47 Å². The summed E-state index contributed by atoms with van der Waals surface area (Å²) in [5.41, 5.74) is 13.3. The highest BCUT2D eigenvalue weighted by Crippen LogP contribution is 2.34. The highest BCUT2D eigenvalue weighted by molar-refractivity contribution is 5.85. The van der Waals surface area contributed by atoms with Gasteiger partial charge < -0.3 is 62.2 Å². The van der Waals surface area contributed by atoms with Crippen molar-refractivity contribution in [3.63, 3.8) is 0 Å². The van der Waals surface area contributed by atoms with Gasteiger partial charge in [-0.1, -0.05) is 0 Å². The topological polar surface area (TPSA) is 303 Å². The number of aromatic nitrogens is 8. The number of nitrogens with one attached hydrogen (secondary N) is 2. The molecule has 2 fully saturated rings. The van der Waals surface area contributed by atoms with E-state index in [9.17, 15) is 30.6 Å². The summed E-state index contributed by atoms with van der Waals surface area (Å²) in [5, 5.41) is 66.3. The number of nitrogens with zero attached hydrogens (tertiary/aromatic N) is 8. The second-order valence-electron chi connectivity index (χ2n) is 10.9. The van der Waals surface area contributed by atoms with Gasteiger partial charge >= 0.3 is 0 Å². The van der Waals surface area contributed by atoms with E-state index in [-0.39, 0.29) is 11.9 Å². The third kappa shape index (κ3) is 5.77. The standard InChI is InChI=1S/C25H36N12O8/c26-24-32-18(12-20(34-24)36(8-30-12)22-16(42)14(40)10(6-38)44-22)28-4-2-1-3-5-29-19-13-21(35-25(27)33-19)37(9-31-13)23-17(43)15(41)11(7-39)45-23/h8-11,14-17,22-23,38-43H,1-7H2,(H3,26,28,32,34)(H3,27,29,33,35)/t10-,11+,14+,15-,16?,17?,22-,23+. The number of ether oxygens (including phenoxy) is 2. The first-order valence-electron chi connectivity index (χ1n) is 14.4. The smallest absolute Gasteiger partial charge is 0.224 e. The first-order valence-corrected chi connectivity index (χ1v) is 14.4. The average Bonchev–Trinajstić information content (AvgIpc) is 3.77. The Morgan fingerprint density at radius 2 is 1.07 bits per heavy atom. The Balaban J connectivity index is 1.03. The van der Waals surface area contributed by atoms with E-state index >= 15 is 0 Å². The van der Waals surface area contributed by atoms with E-state index in [4.69, 9.17) is 20.9 Å². The number of hydrogen-bond donors (Lipinski definition) is 10. The molecule has 2 aliphatic heterocycles. The van der Waals surface area contributed by atoms with Crippen LogP contribution in [-0.4, -0.2) is 133 Å². The lowest BCUT2D eigenvalue weighted by Gasteiger charge is -2.17. The van der Waals surface area contributed by atoms with Crippen LogP contribution in [0, 0.1) is 0 Å². The molecule has 20 nitrogen and oxygen atoms in total. The maximum Gasteiger partial charge on any atom is 0.224 e. The number of fused-ring (bicyclic) bond motifs is 2. The third-order valence-electron chi connectivity index (χ3n) is 7.90. The first-order chi connectivity index (χ1) is 21.7. The molecule has 2 aliphatic rings. The first kappa shape index (κ1) is 31.0. The van der Waals surface area contributed by atoms with Gasteiger partial charge in [-0.15, -0.1) is 0 Å². The van der Waals surface area contributed by atoms with E-state index in [2.05, 4.69) is 40.5 Å². The van der Waals surface area contributed by atoms with E-state index in [0.717, 1.165) is 19.3 Å². The van der Waals surface area contributed by atoms with Crippen LogP contribution in [0.15, 0.2) is 12.7 Å². The molecular formula is C25H36N12O8. The summed E-state index contributed by atoms with van der Waals surface area (Å²) in [6.07, 6.45) is -3.86. The fourth-order valence-corrected chi connectivity index (χ4v) is 5.55. The molecule has 45 heavy (non-hydrogen) atoms. The number of anilines is 4. The molecule has 0 bridgehead atoms. The van der Waals surface area contributed by atoms with Crippen molar-refractivity contribution in [3.8, 4) is 0 Å². The molecule has 4 aromatic heterocycles. The lowest BCUT2D eigenvalue weighted by Crippen LogP contribution is -2.33. The van der Waals surface area contributed by atoms with Crippen LogP contribution in [0.5, 0.6) is 0 Å². The van der Waals surface area contributed by atoms with Gasteiger partial charge in [-0.25, -0.2) is 9.97 Å². The molecule has 6 heterocycles. The van der Waals surface area contributed by atoms with Gasteiger partial charge in [0.2, 0.25) is 11.9 Å². The van der Waals surface area contributed by atoms with Gasteiger partial charge in [0, 0.05) is 13.1 Å². The van der Waals surface area contributed by atoms with Gasteiger partial charge in [0.15, 0.2) is 46.4 Å². The van der Waals surface area contributed by atoms with Crippen LogP contribution in [0.4, 0.5) is 23.5 Å². The fraction of sp³-hybridized carbons (Fsp3) is 0.600. The average molecular weight is 633 g/mol. The van der Waals surface area contributed by atoms with E-state index in [1.165, 1.54) is 21.8 Å². The van der Waals surface area contributed by atoms with Gasteiger partial charge in [-0.2, -0.15) is 19.9 Å². The summed E-state index contributed by atoms with van der Waals surface area (Å²) in [6.45, 7) is 0.182. The molecule has 0 radical (unpaired) electrons. The van der Waals surface area contributed by atoms with Crippen molar-refractivity contribution < 1.29 is 40.1 Å². The van der Waals surface area contributed by atoms with Crippen LogP contribution in [0.2, 0.25) is 0 Å². The van der Waals surface area contributed by atoms with Gasteiger partial charge in [-0.05, 0) is 19.3 Å². The Hall–Kier alpha value is -4.02. The molecule has 2 unspecified atom stereocenters. The van der Waals surface area contributed by atoms with Crippen molar-refractivity contribution >= 4 is 45.9 Å². The van der Waals surface area contributed by atoms with E-state index in [1.807, 2.05) is 0 Å². The Labute approximate surface area is 254 Å². The van der Waals surface area contributed by atoms with Crippen molar-refractivity contribution in [3.05, 3.63) is 12.7 Å². The van der Waals surface area contributed by atoms with Gasteiger partial charge in [0.1, 0.15) is 36.6 Å². The maximum atomic E-state index is 10.4. The Kier molecular flexibility index (Phi) is 8.79. The zero-order valence-corrected chi connectivity index (χ0v) is 24.0. The van der Waals surface area contributed by atoms with Crippen LogP contribution in [0.3, 0.4) is 0 Å². The molecule has 0 amide bonds. The van der Waals surface area contributed by atoms with Crippen LogP contribution >= 0.6 is 0 Å². The quantitative estimate of drug-likeness (QED) is 0.0698. The molecule has 0 spiro atoms. The molecule has 2 saturated heterocycles. The van der Waals surface area contributed by atoms with Crippen molar-refractivity contribution in [2.45, 2.75) is 68.3 Å². The SMILES string of the molecule is Nc1nc(NCCCCCNc2nc(N)nc3c2ncn3[C@H]2O[C@@H](CO)[C@@H](O)C2O)c2ncn([C@@H]3O[C@H](CO)[C@H](O)C3O)c2n1. The van der Waals surface area contributed by atoms with Crippen molar-refractivity contribution in [1.29, 1.82) is 0 Å². The number of unbranched alkanes of at least 4 members (excludes halogenated alkanes) is 2. The monoisotopic (exact) mass is 632 g/mol. The molecule has 0 saturated carbocycles. The number of nitrogens with two attached hydrogens (primary N) is 2. The second kappa shape index (κ2) is 12.8. The third-order valence-corrected chi connectivity index (χ3v) is 7.90. The van der Waals surface area contributed by atoms with Crippen molar-refractivity contribution in [2.24, 2.45) is 0 Å². The summed E-state index contributed by atoms with van der Waals surface area (Å²) in [5.74, 6) is 0.785. The molecular weight excluding hydrogens is 596 g/mol. The summed E-state index contributed by atoms with van der Waals surface area (Å²) in [4.78, 5) is 25.7. The molecule has 8 atom stereocenters. The zero-order valence-electron chi connectivity index (χ0n) is 24.0. The minimum absolute atomic E-state index is 0.0148. The van der Waals surface area contributed by atoms with Crippen molar-refractivity contribution in [1.82, 2.24) is 39.0 Å². The number of imidazole rings is 2. The number of aliphatic hydroxyl groups is 6. The molecule has 20 heteroatoms. The summed E-state index contributed by atoms with van der Waals surface area (Å²) in [7, 11) is 0. The molecule has 6 rings (SSSR count). The van der Waals surface area contributed by atoms with Crippen LogP contribution in [0.25, 0.3) is 22.3 Å². The van der Waals surface area contributed by atoms with Crippen LogP contribution < -0.4 is 22.1 Å². The minimum Gasteiger partial charge on any atom is -0.394 e. The number of hydrogen-bond acceptors (Lipinski definition) is 18. The maximum absolute atomic E-state index is 10.4. The van der Waals surface area contributed by atoms with Crippen LogP contribution in [0.1, 0.15) is 31.7 Å². The number of nitrogen functional groups attached to an aromatic ring is 2. The fourth-order valence-electron chi connectivity index (χ4n) is 5.55. The summed E-state index contributed by atoms with van der Waals surface area (Å²) in [6, 6.07) is 0. The summed E-state index contributed by atoms with van der Waals surface area (Å²) >= 11 is 0. The van der Waals surface area contributed by atoms with Gasteiger partial charge in [0.25, 0.3) is 0 Å². The minimum atomic E-state index is -1.30. The Morgan fingerprint density at radius 3 is 1.44 bits per heavy atom. The highest BCUT2D eigenvalue weighted by atomic mass is 16.6. The Morgan fingerprint density at radius 1 is 0.644 bits per heavy atom. The molecule has 244 valence electrons. The highest BCUT2D eigenvalue weighted by Gasteiger charge is 2.45. The zero-order chi connectivity index (χ0) is 31.8. The van der Waals surface area contributed by atoms with E-state index < -0.39 is 62.3 Å². The predicted molar refractivity (Wildman–Crippen MR) is 156 cm³/mol. The van der Waals surface area contributed by atoms with Crippen molar-refractivity contribution in [2.75, 3.05) is 48.4 Å². The molecule has 4 aromatic rings. The molecule has 0 aliphatic carbocycles. The largest absolute Gasteiger partial charge is 0.394 e. The summed E-state index contributed by atoms with van der Waals surface area (Å²) < 4.78 is 14.1. The number of rotatable bonds is 12. The Bertz CT molecular complexity index is 1520. The van der Waals surface area contributed by atoms with E-state index in [1.54, 1.807) is 0 Å². The number of aliphatic hydroxyl groups excluding tert-OH is 6. The molecule has 0 aromatic carbocycles. The normalized spacial score (nSPS) is 28.4.